The number of hydrogen-bond acceptors (Lipinski definition) is 1. The normalized spacial score (nSPS) is 16.2. The molecule has 1 aliphatic carbocycles. The van der Waals surface area contributed by atoms with E-state index in [1.165, 1.54) is 44.2 Å². The summed E-state index contributed by atoms with van der Waals surface area (Å²) < 4.78 is 2.43. The number of allylic oxidation sites excluding steroid dienone is 2. The molecule has 0 bridgehead atoms. The van der Waals surface area contributed by atoms with Gasteiger partial charge in [-0.05, 0) is 41.5 Å². The fourth-order valence-electron chi connectivity index (χ4n) is 5.31. The first-order valence-corrected chi connectivity index (χ1v) is 11.0. The van der Waals surface area contributed by atoms with Gasteiger partial charge >= 0.3 is 0 Å². The number of aromatic nitrogens is 1. The molecule has 2 nitrogen and oxygen atoms in total. The number of nitrogens with zero attached hydrogens (tertiary/aromatic N) is 2. The van der Waals surface area contributed by atoms with E-state index in [2.05, 4.69) is 120 Å². The molecule has 1 aromatic heterocycles. The summed E-state index contributed by atoms with van der Waals surface area (Å²) in [5.74, 6) is 0.151. The highest BCUT2D eigenvalue weighted by atomic mass is 15.0. The van der Waals surface area contributed by atoms with Crippen molar-refractivity contribution >= 4 is 16.5 Å². The first-order chi connectivity index (χ1) is 15.9. The van der Waals surface area contributed by atoms with Crippen molar-refractivity contribution in [2.45, 2.75) is 5.92 Å². The molecule has 0 fully saturated rings. The molecule has 2 heteroatoms. The molecule has 0 amide bonds. The van der Waals surface area contributed by atoms with Crippen LogP contribution in [0, 0.1) is 0 Å². The molecule has 5 aromatic rings. The quantitative estimate of drug-likeness (QED) is 0.367. The Labute approximate surface area is 186 Å². The largest absolute Gasteiger partial charge is 0.309 e. The molecule has 0 N–H and O–H groups in total. The third-order valence-electron chi connectivity index (χ3n) is 6.63. The fraction of sp³-hybridized carbons (Fsp3) is 0.0333. The van der Waals surface area contributed by atoms with Crippen LogP contribution in [-0.4, -0.2) is 4.57 Å². The molecule has 1 aliphatic heterocycles. The minimum Gasteiger partial charge on any atom is -0.309 e. The average molecular weight is 409 g/mol. The van der Waals surface area contributed by atoms with Crippen LogP contribution in [0.4, 0.5) is 0 Å². The van der Waals surface area contributed by atoms with E-state index in [-0.39, 0.29) is 5.92 Å². The number of hydrogen-bond donors (Lipinski definition) is 0. The maximum atomic E-state index is 5.06. The second-order valence-electron chi connectivity index (χ2n) is 8.39. The van der Waals surface area contributed by atoms with E-state index in [1.807, 2.05) is 0 Å². The van der Waals surface area contributed by atoms with Gasteiger partial charge in [0.25, 0.3) is 0 Å². The lowest BCUT2D eigenvalue weighted by atomic mass is 9.82. The maximum absolute atomic E-state index is 5.06. The molecule has 4 aromatic carbocycles. The third-order valence-corrected chi connectivity index (χ3v) is 6.63. The molecule has 1 unspecified atom stereocenters. The zero-order valence-corrected chi connectivity index (χ0v) is 17.4. The van der Waals surface area contributed by atoms with Crippen LogP contribution in [0.25, 0.3) is 22.2 Å². The zero-order chi connectivity index (χ0) is 21.1. The highest BCUT2D eigenvalue weighted by Gasteiger charge is 2.34. The van der Waals surface area contributed by atoms with Gasteiger partial charge in [0.2, 0.25) is 0 Å². The van der Waals surface area contributed by atoms with E-state index in [0.717, 1.165) is 11.1 Å². The van der Waals surface area contributed by atoms with Crippen molar-refractivity contribution in [3.63, 3.8) is 0 Å². The van der Waals surface area contributed by atoms with Crippen LogP contribution < -0.4 is 10.6 Å². The highest BCUT2D eigenvalue weighted by Crippen LogP contribution is 2.46. The van der Waals surface area contributed by atoms with E-state index in [4.69, 9.17) is 4.99 Å². The van der Waals surface area contributed by atoms with Crippen LogP contribution in [0.3, 0.4) is 0 Å². The first kappa shape index (κ1) is 17.5. The van der Waals surface area contributed by atoms with Crippen molar-refractivity contribution in [3.8, 4) is 5.69 Å². The van der Waals surface area contributed by atoms with Crippen LogP contribution >= 0.6 is 0 Å². The second-order valence-corrected chi connectivity index (χ2v) is 8.39. The minimum absolute atomic E-state index is 0.151. The molecular weight excluding hydrogens is 388 g/mol. The van der Waals surface area contributed by atoms with E-state index in [0.29, 0.717) is 0 Å². The molecule has 0 saturated heterocycles. The Morgan fingerprint density at radius 2 is 1.34 bits per heavy atom. The summed E-state index contributed by atoms with van der Waals surface area (Å²) in [6.45, 7) is 0. The maximum Gasteiger partial charge on any atom is 0.0716 e. The van der Waals surface area contributed by atoms with Gasteiger partial charge in [-0.2, -0.15) is 0 Å². The summed E-state index contributed by atoms with van der Waals surface area (Å²) in [5.41, 5.74) is 8.64. The summed E-state index contributed by atoms with van der Waals surface area (Å²) in [6, 6.07) is 38.8. The molecule has 0 radical (unpaired) electrons. The van der Waals surface area contributed by atoms with Crippen molar-refractivity contribution < 1.29 is 0 Å². The van der Waals surface area contributed by atoms with Crippen molar-refractivity contribution in [2.75, 3.05) is 0 Å². The minimum atomic E-state index is 0.151. The zero-order valence-electron chi connectivity index (χ0n) is 17.4. The third kappa shape index (κ3) is 2.38. The van der Waals surface area contributed by atoms with E-state index >= 15 is 0 Å². The number of rotatable bonds is 2. The number of benzene rings is 4. The fourth-order valence-corrected chi connectivity index (χ4v) is 5.31. The van der Waals surface area contributed by atoms with Crippen molar-refractivity contribution in [1.29, 1.82) is 0 Å². The van der Waals surface area contributed by atoms with Gasteiger partial charge in [0.1, 0.15) is 0 Å². The van der Waals surface area contributed by atoms with Gasteiger partial charge in [0, 0.05) is 27.8 Å². The molecule has 0 saturated carbocycles. The molecule has 2 heterocycles. The monoisotopic (exact) mass is 408 g/mol. The van der Waals surface area contributed by atoms with Gasteiger partial charge in [0.05, 0.1) is 22.3 Å². The van der Waals surface area contributed by atoms with Gasteiger partial charge in [-0.1, -0.05) is 84.9 Å². The Kier molecular flexibility index (Phi) is 3.65. The Morgan fingerprint density at radius 1 is 0.656 bits per heavy atom. The number of para-hydroxylation sites is 3. The Morgan fingerprint density at radius 3 is 2.19 bits per heavy atom. The summed E-state index contributed by atoms with van der Waals surface area (Å²) in [6.07, 6.45) is 2.36. The van der Waals surface area contributed by atoms with Crippen LogP contribution in [-0.2, 0) is 0 Å². The predicted octanol–water partition coefficient (Wildman–Crippen LogP) is 5.49. The van der Waals surface area contributed by atoms with Crippen LogP contribution in [0.1, 0.15) is 22.7 Å². The summed E-state index contributed by atoms with van der Waals surface area (Å²) in [4.78, 5) is 5.06. The first-order valence-electron chi connectivity index (χ1n) is 11.0. The lowest BCUT2D eigenvalue weighted by Gasteiger charge is -2.24. The lowest BCUT2D eigenvalue weighted by Crippen LogP contribution is -2.24. The molecule has 2 aliphatic rings. The molecule has 1 atom stereocenters. The Balaban J connectivity index is 1.70. The van der Waals surface area contributed by atoms with Gasteiger partial charge in [-0.25, -0.2) is 4.99 Å². The van der Waals surface area contributed by atoms with E-state index < -0.39 is 0 Å². The van der Waals surface area contributed by atoms with Crippen LogP contribution in [0.15, 0.2) is 126 Å². The molecule has 32 heavy (non-hydrogen) atoms. The molecule has 0 spiro atoms. The van der Waals surface area contributed by atoms with Crippen molar-refractivity contribution in [2.24, 2.45) is 4.99 Å². The molecule has 150 valence electrons. The average Bonchev–Trinajstić information content (AvgIpc) is 3.40. The van der Waals surface area contributed by atoms with Gasteiger partial charge in [0.15, 0.2) is 0 Å². The van der Waals surface area contributed by atoms with E-state index in [9.17, 15) is 0 Å². The van der Waals surface area contributed by atoms with Crippen LogP contribution in [0.2, 0.25) is 0 Å². The molecular formula is C30H20N2. The Hall–Kier alpha value is -4.17. The van der Waals surface area contributed by atoms with E-state index in [1.54, 1.807) is 0 Å². The van der Waals surface area contributed by atoms with Gasteiger partial charge in [-0.15, -0.1) is 0 Å². The summed E-state index contributed by atoms with van der Waals surface area (Å²) >= 11 is 0. The smallest absolute Gasteiger partial charge is 0.0716 e. The second kappa shape index (κ2) is 6.66. The number of fused-ring (bicyclic) bond motifs is 6. The standard InChI is InChI=1S/C30H20N2/c1-3-11-20(12-4-1)24-19-26-29(22-15-7-9-17-25(22)31-26)30-28(24)23-16-8-10-18-27(23)32(30)21-13-5-2-6-14-21/h1-19,24H. The van der Waals surface area contributed by atoms with Crippen molar-refractivity contribution in [1.82, 2.24) is 4.57 Å². The van der Waals surface area contributed by atoms with Gasteiger partial charge in [-0.3, -0.25) is 0 Å². The summed E-state index contributed by atoms with van der Waals surface area (Å²) in [7, 11) is 0. The topological polar surface area (TPSA) is 17.3 Å². The van der Waals surface area contributed by atoms with Crippen molar-refractivity contribution in [3.05, 3.63) is 148 Å². The molecule has 7 rings (SSSR count). The lowest BCUT2D eigenvalue weighted by molar-refractivity contribution is 0.965. The predicted molar refractivity (Wildman–Crippen MR) is 129 cm³/mol. The van der Waals surface area contributed by atoms with Gasteiger partial charge < -0.3 is 4.57 Å². The summed E-state index contributed by atoms with van der Waals surface area (Å²) in [5, 5.41) is 3.57. The SMILES string of the molecule is C1=C2N=c3ccccc3=C2c2c(c3ccccc3n2-c2ccccc2)C1c1ccccc1. The Bertz CT molecular complexity index is 1660. The highest BCUT2D eigenvalue weighted by molar-refractivity contribution is 5.98. The van der Waals surface area contributed by atoms with Crippen LogP contribution in [0.5, 0.6) is 0 Å².